The molecule has 2 aliphatic heterocycles. The molecule has 0 spiro atoms. The number of aromatic nitrogens is 1. The van der Waals surface area contributed by atoms with Gasteiger partial charge in [0.2, 0.25) is 12.5 Å². The van der Waals surface area contributed by atoms with E-state index in [0.29, 0.717) is 22.8 Å². The average molecular weight is 404 g/mol. The minimum absolute atomic E-state index is 0.0172. The maximum Gasteiger partial charge on any atom is 0.231 e. The Bertz CT molecular complexity index is 1220. The summed E-state index contributed by atoms with van der Waals surface area (Å²) in [5.41, 5.74) is 5.13. The van der Waals surface area contributed by atoms with Crippen LogP contribution in [0.15, 0.2) is 36.5 Å². The van der Waals surface area contributed by atoms with Crippen LogP contribution in [0.2, 0.25) is 0 Å². The number of allylic oxidation sites excluding steroid dienone is 1. The largest absolute Gasteiger partial charge is 0.492 e. The molecule has 5 rings (SSSR count). The van der Waals surface area contributed by atoms with Crippen LogP contribution in [0.5, 0.6) is 17.2 Å². The van der Waals surface area contributed by atoms with E-state index in [1.54, 1.807) is 7.11 Å². The van der Waals surface area contributed by atoms with Crippen LogP contribution in [0.3, 0.4) is 0 Å². The summed E-state index contributed by atoms with van der Waals surface area (Å²) in [5, 5.41) is 0.955. The SMILES string of the molecule is COc1c2c(cc3c1C(C(=O)c1c(C)n(C)c4ccccc14)=CN(C)CC3)OCO2. The lowest BCUT2D eigenvalue weighted by atomic mass is 9.90. The van der Waals surface area contributed by atoms with E-state index in [2.05, 4.69) is 9.47 Å². The molecule has 1 aromatic heterocycles. The fourth-order valence-electron chi connectivity index (χ4n) is 4.51. The number of rotatable bonds is 3. The van der Waals surface area contributed by atoms with Crippen molar-refractivity contribution in [1.82, 2.24) is 9.47 Å². The number of carbonyl (C=O) groups is 1. The van der Waals surface area contributed by atoms with E-state index in [0.717, 1.165) is 46.3 Å². The summed E-state index contributed by atoms with van der Waals surface area (Å²) in [7, 11) is 5.59. The normalized spacial score (nSPS) is 15.1. The first-order valence-electron chi connectivity index (χ1n) is 10.0. The number of ketones is 1. The number of fused-ring (bicyclic) bond motifs is 3. The summed E-state index contributed by atoms with van der Waals surface area (Å²) in [6.45, 7) is 2.94. The Hall–Kier alpha value is -3.41. The van der Waals surface area contributed by atoms with Crippen LogP contribution in [0, 0.1) is 6.92 Å². The van der Waals surface area contributed by atoms with Gasteiger partial charge in [-0.1, -0.05) is 18.2 Å². The van der Waals surface area contributed by atoms with Crippen molar-refractivity contribution in [3.05, 3.63) is 58.9 Å². The summed E-state index contributed by atoms with van der Waals surface area (Å²) >= 11 is 0. The molecule has 0 bridgehead atoms. The summed E-state index contributed by atoms with van der Waals surface area (Å²) in [5.74, 6) is 1.78. The maximum absolute atomic E-state index is 14.0. The van der Waals surface area contributed by atoms with Crippen LogP contribution < -0.4 is 14.2 Å². The average Bonchev–Trinajstić information content (AvgIpc) is 3.26. The molecule has 0 saturated heterocycles. The van der Waals surface area contributed by atoms with Crippen molar-refractivity contribution < 1.29 is 19.0 Å². The van der Waals surface area contributed by atoms with Gasteiger partial charge >= 0.3 is 0 Å². The van der Waals surface area contributed by atoms with E-state index in [4.69, 9.17) is 14.2 Å². The van der Waals surface area contributed by atoms with Gasteiger partial charge < -0.3 is 23.7 Å². The van der Waals surface area contributed by atoms with Gasteiger partial charge in [-0.05, 0) is 31.0 Å². The van der Waals surface area contributed by atoms with E-state index in [9.17, 15) is 4.79 Å². The molecule has 154 valence electrons. The highest BCUT2D eigenvalue weighted by atomic mass is 16.7. The minimum Gasteiger partial charge on any atom is -0.492 e. The van der Waals surface area contributed by atoms with Crippen molar-refractivity contribution in [2.45, 2.75) is 13.3 Å². The molecule has 6 heteroatoms. The Morgan fingerprint density at radius 2 is 1.97 bits per heavy atom. The molecule has 0 amide bonds. The van der Waals surface area contributed by atoms with Gasteiger partial charge in [0, 0.05) is 54.6 Å². The van der Waals surface area contributed by atoms with Gasteiger partial charge in [0.05, 0.1) is 12.7 Å². The van der Waals surface area contributed by atoms with E-state index < -0.39 is 0 Å². The zero-order valence-corrected chi connectivity index (χ0v) is 17.6. The molecule has 2 aliphatic rings. The lowest BCUT2D eigenvalue weighted by Crippen LogP contribution is -2.14. The van der Waals surface area contributed by atoms with Gasteiger partial charge in [-0.2, -0.15) is 0 Å². The van der Waals surface area contributed by atoms with Gasteiger partial charge in [0.1, 0.15) is 0 Å². The Kier molecular flexibility index (Phi) is 4.24. The third-order valence-corrected chi connectivity index (χ3v) is 6.13. The Morgan fingerprint density at radius 1 is 1.17 bits per heavy atom. The summed E-state index contributed by atoms with van der Waals surface area (Å²) < 4.78 is 19.1. The predicted molar refractivity (Wildman–Crippen MR) is 115 cm³/mol. The highest BCUT2D eigenvalue weighted by Gasteiger charge is 2.32. The lowest BCUT2D eigenvalue weighted by Gasteiger charge is -2.16. The van der Waals surface area contributed by atoms with Crippen LogP contribution in [-0.4, -0.2) is 42.7 Å². The molecule has 0 fully saturated rings. The number of carbonyl (C=O) groups excluding carboxylic acids is 1. The number of methoxy groups -OCH3 is 1. The number of Topliss-reactive ketones (excluding diaryl/α,β-unsaturated/α-hetero) is 1. The quantitative estimate of drug-likeness (QED) is 0.619. The van der Waals surface area contributed by atoms with Gasteiger partial charge in [-0.3, -0.25) is 4.79 Å². The van der Waals surface area contributed by atoms with Crippen molar-refractivity contribution >= 4 is 22.3 Å². The molecular weight excluding hydrogens is 380 g/mol. The predicted octanol–water partition coefficient (Wildman–Crippen LogP) is 3.94. The molecule has 30 heavy (non-hydrogen) atoms. The number of likely N-dealkylation sites (N-methyl/N-ethyl adjacent to an activating group) is 1. The molecule has 0 saturated carbocycles. The topological polar surface area (TPSA) is 52.9 Å². The number of ether oxygens (including phenoxy) is 3. The molecule has 0 atom stereocenters. The lowest BCUT2D eigenvalue weighted by molar-refractivity contribution is 0.105. The Balaban J connectivity index is 1.77. The van der Waals surface area contributed by atoms with Crippen molar-refractivity contribution in [3.63, 3.8) is 0 Å². The van der Waals surface area contributed by atoms with Gasteiger partial charge in [-0.15, -0.1) is 0 Å². The Labute approximate surface area is 175 Å². The summed E-state index contributed by atoms with van der Waals surface area (Å²) in [6.07, 6.45) is 2.71. The Morgan fingerprint density at radius 3 is 2.77 bits per heavy atom. The van der Waals surface area contributed by atoms with E-state index in [1.165, 1.54) is 0 Å². The van der Waals surface area contributed by atoms with E-state index >= 15 is 0 Å². The third-order valence-electron chi connectivity index (χ3n) is 6.13. The smallest absolute Gasteiger partial charge is 0.231 e. The van der Waals surface area contributed by atoms with E-state index in [1.807, 2.05) is 57.6 Å². The highest BCUT2D eigenvalue weighted by Crippen LogP contribution is 2.49. The van der Waals surface area contributed by atoms with Crippen molar-refractivity contribution in [1.29, 1.82) is 0 Å². The minimum atomic E-state index is -0.0172. The number of hydrogen-bond donors (Lipinski definition) is 0. The second-order valence-corrected chi connectivity index (χ2v) is 7.82. The van der Waals surface area contributed by atoms with E-state index in [-0.39, 0.29) is 12.6 Å². The number of para-hydroxylation sites is 1. The number of benzene rings is 2. The molecule has 0 radical (unpaired) electrons. The van der Waals surface area contributed by atoms with Crippen molar-refractivity contribution in [3.8, 4) is 17.2 Å². The van der Waals surface area contributed by atoms with Crippen LogP contribution in [0.4, 0.5) is 0 Å². The zero-order valence-electron chi connectivity index (χ0n) is 17.6. The fraction of sp³-hybridized carbons (Fsp3) is 0.292. The maximum atomic E-state index is 14.0. The molecule has 0 unspecified atom stereocenters. The van der Waals surface area contributed by atoms with Crippen LogP contribution in [0.1, 0.15) is 27.2 Å². The number of aryl methyl sites for hydroxylation is 1. The third kappa shape index (κ3) is 2.60. The summed E-state index contributed by atoms with van der Waals surface area (Å²) in [4.78, 5) is 16.1. The standard InChI is InChI=1S/C24H24N2O4/c1-14-20(16-7-5-6-8-18(16)26(14)3)22(27)17-12-25(2)10-9-15-11-19-23(30-13-29-19)24(28-4)21(15)17/h5-8,11-12H,9-10,13H2,1-4H3. The molecule has 3 aromatic rings. The first-order chi connectivity index (χ1) is 14.5. The molecular formula is C24H24N2O4. The van der Waals surface area contributed by atoms with Crippen molar-refractivity contribution in [2.75, 3.05) is 27.5 Å². The van der Waals surface area contributed by atoms with Gasteiger partial charge in [0.25, 0.3) is 0 Å². The van der Waals surface area contributed by atoms with Crippen LogP contribution in [0.25, 0.3) is 16.5 Å². The number of nitrogens with zero attached hydrogens (tertiary/aromatic N) is 2. The first kappa shape index (κ1) is 18.6. The van der Waals surface area contributed by atoms with Gasteiger partial charge in [-0.25, -0.2) is 0 Å². The monoisotopic (exact) mass is 404 g/mol. The molecule has 6 nitrogen and oxygen atoms in total. The highest BCUT2D eigenvalue weighted by molar-refractivity contribution is 6.33. The van der Waals surface area contributed by atoms with Crippen LogP contribution in [-0.2, 0) is 13.5 Å². The molecule has 2 aromatic carbocycles. The molecule has 0 N–H and O–H groups in total. The van der Waals surface area contributed by atoms with Crippen molar-refractivity contribution in [2.24, 2.45) is 7.05 Å². The molecule has 0 aliphatic carbocycles. The zero-order chi connectivity index (χ0) is 21.0. The fourth-order valence-corrected chi connectivity index (χ4v) is 4.51. The molecule has 3 heterocycles. The van der Waals surface area contributed by atoms with Crippen LogP contribution >= 0.6 is 0 Å². The first-order valence-corrected chi connectivity index (χ1v) is 10.0. The second-order valence-electron chi connectivity index (χ2n) is 7.82. The number of hydrogen-bond acceptors (Lipinski definition) is 5. The van der Waals surface area contributed by atoms with Gasteiger partial charge in [0.15, 0.2) is 17.3 Å². The summed E-state index contributed by atoms with van der Waals surface area (Å²) in [6, 6.07) is 10.00. The second kappa shape index (κ2) is 6.83.